The van der Waals surface area contributed by atoms with Crippen LogP contribution in [0.2, 0.25) is 0 Å². The summed E-state index contributed by atoms with van der Waals surface area (Å²) in [6.07, 6.45) is 7.57. The summed E-state index contributed by atoms with van der Waals surface area (Å²) in [6, 6.07) is 6.80. The first kappa shape index (κ1) is 14.7. The van der Waals surface area contributed by atoms with E-state index in [1.165, 1.54) is 44.2 Å². The molecule has 2 fully saturated rings. The number of nitrogens with zero attached hydrogens (tertiary/aromatic N) is 1. The summed E-state index contributed by atoms with van der Waals surface area (Å²) in [5.41, 5.74) is 2.13. The summed E-state index contributed by atoms with van der Waals surface area (Å²) in [7, 11) is 1.68. The van der Waals surface area contributed by atoms with Crippen LogP contribution in [0.1, 0.15) is 57.1 Å². The highest BCUT2D eigenvalue weighted by Gasteiger charge is 2.35. The van der Waals surface area contributed by atoms with Gasteiger partial charge in [0.1, 0.15) is 5.75 Å². The molecule has 1 aromatic carbocycles. The third-order valence-electron chi connectivity index (χ3n) is 5.23. The Kier molecular flexibility index (Phi) is 4.39. The van der Waals surface area contributed by atoms with Gasteiger partial charge in [-0.1, -0.05) is 18.9 Å². The van der Waals surface area contributed by atoms with Crippen molar-refractivity contribution in [1.82, 2.24) is 0 Å². The van der Waals surface area contributed by atoms with Crippen LogP contribution in [0, 0.1) is 5.92 Å². The minimum atomic E-state index is -0.499. The van der Waals surface area contributed by atoms with E-state index >= 15 is 0 Å². The van der Waals surface area contributed by atoms with E-state index < -0.39 is 6.10 Å². The van der Waals surface area contributed by atoms with Crippen molar-refractivity contribution in [2.45, 2.75) is 57.6 Å². The lowest BCUT2D eigenvalue weighted by atomic mass is 9.95. The average molecular weight is 289 g/mol. The Morgan fingerprint density at radius 1 is 1.19 bits per heavy atom. The quantitative estimate of drug-likeness (QED) is 0.912. The molecule has 0 spiro atoms. The maximum Gasteiger partial charge on any atom is 0.126 e. The number of rotatable bonds is 4. The van der Waals surface area contributed by atoms with E-state index in [9.17, 15) is 5.11 Å². The summed E-state index contributed by atoms with van der Waals surface area (Å²) in [6.45, 7) is 2.94. The molecule has 1 aliphatic carbocycles. The molecule has 0 radical (unpaired) electrons. The molecule has 3 nitrogen and oxygen atoms in total. The monoisotopic (exact) mass is 289 g/mol. The van der Waals surface area contributed by atoms with Crippen molar-refractivity contribution < 1.29 is 9.84 Å². The second kappa shape index (κ2) is 6.27. The maximum absolute atomic E-state index is 10.2. The molecule has 3 heteroatoms. The van der Waals surface area contributed by atoms with Crippen LogP contribution in [0.3, 0.4) is 0 Å². The molecular weight excluding hydrogens is 262 g/mol. The van der Waals surface area contributed by atoms with Crippen LogP contribution in [-0.2, 0) is 0 Å². The lowest BCUT2D eigenvalue weighted by molar-refractivity contribution is 0.194. The van der Waals surface area contributed by atoms with Crippen molar-refractivity contribution in [1.29, 1.82) is 0 Å². The Labute approximate surface area is 127 Å². The molecule has 1 saturated heterocycles. The molecule has 1 heterocycles. The van der Waals surface area contributed by atoms with E-state index in [0.29, 0.717) is 6.04 Å². The predicted molar refractivity (Wildman–Crippen MR) is 86.0 cm³/mol. The van der Waals surface area contributed by atoms with Gasteiger partial charge in [0.05, 0.1) is 13.2 Å². The van der Waals surface area contributed by atoms with E-state index in [0.717, 1.165) is 23.8 Å². The van der Waals surface area contributed by atoms with Gasteiger partial charge in [-0.2, -0.15) is 0 Å². The standard InChI is InChI=1S/C18H27NO2/c1-13(20)18-16(9-5-11-17(18)21-2)19-12-6-10-15(19)14-7-3-4-8-14/h5,9,11,13-15,20H,3-4,6-8,10,12H2,1-2H3. The zero-order valence-electron chi connectivity index (χ0n) is 13.2. The van der Waals surface area contributed by atoms with E-state index in [1.54, 1.807) is 7.11 Å². The molecule has 21 heavy (non-hydrogen) atoms. The molecule has 3 rings (SSSR count). The molecule has 116 valence electrons. The van der Waals surface area contributed by atoms with Gasteiger partial charge in [0, 0.05) is 23.8 Å². The van der Waals surface area contributed by atoms with E-state index in [4.69, 9.17) is 4.74 Å². The number of methoxy groups -OCH3 is 1. The molecule has 0 bridgehead atoms. The molecule has 2 unspecified atom stereocenters. The average Bonchev–Trinajstić information content (AvgIpc) is 3.16. The molecule has 2 atom stereocenters. The number of hydrogen-bond acceptors (Lipinski definition) is 3. The molecule has 1 N–H and O–H groups in total. The largest absolute Gasteiger partial charge is 0.496 e. The van der Waals surface area contributed by atoms with Gasteiger partial charge < -0.3 is 14.7 Å². The highest BCUT2D eigenvalue weighted by atomic mass is 16.5. The fourth-order valence-electron chi connectivity index (χ4n) is 4.30. The van der Waals surface area contributed by atoms with E-state index in [2.05, 4.69) is 11.0 Å². The van der Waals surface area contributed by atoms with Crippen LogP contribution in [0.25, 0.3) is 0 Å². The summed E-state index contributed by atoms with van der Waals surface area (Å²) in [4.78, 5) is 2.54. The Balaban J connectivity index is 1.94. The number of aliphatic hydroxyl groups excluding tert-OH is 1. The molecule has 1 aromatic rings. The van der Waals surface area contributed by atoms with Crippen molar-refractivity contribution in [3.8, 4) is 5.75 Å². The third kappa shape index (κ3) is 2.76. The minimum absolute atomic E-state index is 0.499. The molecule has 1 aliphatic heterocycles. The van der Waals surface area contributed by atoms with Gasteiger partial charge in [-0.25, -0.2) is 0 Å². The van der Waals surface area contributed by atoms with Crippen molar-refractivity contribution in [3.05, 3.63) is 23.8 Å². The van der Waals surface area contributed by atoms with Gasteiger partial charge in [-0.15, -0.1) is 0 Å². The number of ether oxygens (including phenoxy) is 1. The van der Waals surface area contributed by atoms with Crippen LogP contribution >= 0.6 is 0 Å². The minimum Gasteiger partial charge on any atom is -0.496 e. The first-order valence-corrected chi connectivity index (χ1v) is 8.34. The number of aliphatic hydroxyl groups is 1. The van der Waals surface area contributed by atoms with Crippen LogP contribution in [0.4, 0.5) is 5.69 Å². The molecule has 2 aliphatic rings. The number of anilines is 1. The normalized spacial score (nSPS) is 24.5. The van der Waals surface area contributed by atoms with Crippen molar-refractivity contribution in [3.63, 3.8) is 0 Å². The van der Waals surface area contributed by atoms with Crippen LogP contribution in [-0.4, -0.2) is 24.8 Å². The van der Waals surface area contributed by atoms with Crippen LogP contribution < -0.4 is 9.64 Å². The van der Waals surface area contributed by atoms with E-state index in [1.807, 2.05) is 19.1 Å². The summed E-state index contributed by atoms with van der Waals surface area (Å²) < 4.78 is 5.48. The van der Waals surface area contributed by atoms with Gasteiger partial charge in [0.15, 0.2) is 0 Å². The topological polar surface area (TPSA) is 32.7 Å². The Hall–Kier alpha value is -1.22. The van der Waals surface area contributed by atoms with Crippen molar-refractivity contribution in [2.24, 2.45) is 5.92 Å². The van der Waals surface area contributed by atoms with Gasteiger partial charge in [-0.05, 0) is 50.7 Å². The first-order chi connectivity index (χ1) is 10.2. The zero-order valence-corrected chi connectivity index (χ0v) is 13.2. The number of hydrogen-bond donors (Lipinski definition) is 1. The lowest BCUT2D eigenvalue weighted by Crippen LogP contribution is -2.35. The highest BCUT2D eigenvalue weighted by molar-refractivity contribution is 5.61. The van der Waals surface area contributed by atoms with Gasteiger partial charge in [0.25, 0.3) is 0 Å². The third-order valence-corrected chi connectivity index (χ3v) is 5.23. The van der Waals surface area contributed by atoms with E-state index in [-0.39, 0.29) is 0 Å². The molecule has 1 saturated carbocycles. The number of benzene rings is 1. The second-order valence-electron chi connectivity index (χ2n) is 6.52. The molecule has 0 amide bonds. The SMILES string of the molecule is COc1cccc(N2CCCC2C2CCCC2)c1C(C)O. The van der Waals surface area contributed by atoms with Gasteiger partial charge >= 0.3 is 0 Å². The smallest absolute Gasteiger partial charge is 0.126 e. The van der Waals surface area contributed by atoms with Gasteiger partial charge in [0.2, 0.25) is 0 Å². The lowest BCUT2D eigenvalue weighted by Gasteiger charge is -2.33. The Bertz CT molecular complexity index is 480. The Morgan fingerprint density at radius 2 is 1.95 bits per heavy atom. The fraction of sp³-hybridized carbons (Fsp3) is 0.667. The maximum atomic E-state index is 10.2. The first-order valence-electron chi connectivity index (χ1n) is 8.34. The summed E-state index contributed by atoms with van der Waals surface area (Å²) >= 11 is 0. The highest BCUT2D eigenvalue weighted by Crippen LogP contribution is 2.42. The predicted octanol–water partition coefficient (Wildman–Crippen LogP) is 3.91. The van der Waals surface area contributed by atoms with Crippen molar-refractivity contribution in [2.75, 3.05) is 18.6 Å². The summed E-state index contributed by atoms with van der Waals surface area (Å²) in [5, 5.41) is 10.2. The fourth-order valence-corrected chi connectivity index (χ4v) is 4.30. The van der Waals surface area contributed by atoms with Crippen LogP contribution in [0.5, 0.6) is 5.75 Å². The Morgan fingerprint density at radius 3 is 2.62 bits per heavy atom. The van der Waals surface area contributed by atoms with Crippen molar-refractivity contribution >= 4 is 5.69 Å². The molecular formula is C18H27NO2. The zero-order chi connectivity index (χ0) is 14.8. The summed E-state index contributed by atoms with van der Waals surface area (Å²) in [5.74, 6) is 1.64. The van der Waals surface area contributed by atoms with Gasteiger partial charge in [-0.3, -0.25) is 0 Å². The second-order valence-corrected chi connectivity index (χ2v) is 6.52. The molecule has 0 aromatic heterocycles. The van der Waals surface area contributed by atoms with Crippen LogP contribution in [0.15, 0.2) is 18.2 Å².